The summed E-state index contributed by atoms with van der Waals surface area (Å²) < 4.78 is 11.0. The molecule has 112 valence electrons. The average molecular weight is 282 g/mol. The van der Waals surface area contributed by atoms with E-state index in [9.17, 15) is 15.0 Å². The van der Waals surface area contributed by atoms with Crippen molar-refractivity contribution < 1.29 is 24.5 Å². The molecule has 5 heteroatoms. The molecule has 1 aliphatic carbocycles. The van der Waals surface area contributed by atoms with Crippen LogP contribution < -0.4 is 0 Å². The number of aliphatic hydroxyl groups excluding tert-OH is 2. The highest BCUT2D eigenvalue weighted by molar-refractivity contribution is 5.75. The van der Waals surface area contributed by atoms with Crippen LogP contribution in [0.25, 0.3) is 0 Å². The largest absolute Gasteiger partial charge is 0.457 e. The number of epoxide rings is 1. The molecule has 0 bridgehead atoms. The van der Waals surface area contributed by atoms with Crippen LogP contribution in [0.5, 0.6) is 0 Å². The van der Waals surface area contributed by atoms with Gasteiger partial charge in [-0.05, 0) is 32.8 Å². The van der Waals surface area contributed by atoms with Gasteiger partial charge in [0.1, 0.15) is 17.8 Å². The van der Waals surface area contributed by atoms with Crippen LogP contribution in [0.15, 0.2) is 11.6 Å². The van der Waals surface area contributed by atoms with Gasteiger partial charge in [0.2, 0.25) is 0 Å². The van der Waals surface area contributed by atoms with Gasteiger partial charge < -0.3 is 19.7 Å². The first-order valence-corrected chi connectivity index (χ1v) is 7.26. The highest BCUT2D eigenvalue weighted by atomic mass is 16.6. The molecule has 3 rings (SSSR count). The normalized spacial score (nSPS) is 51.6. The smallest absolute Gasteiger partial charge is 0.309 e. The van der Waals surface area contributed by atoms with Crippen LogP contribution >= 0.6 is 0 Å². The molecule has 0 aromatic rings. The molecule has 0 aromatic carbocycles. The molecule has 2 N–H and O–H groups in total. The Labute approximate surface area is 118 Å². The number of esters is 1. The standard InChI is InChI=1S/C15H22O5/c1-7-4-5-10-15(3,20-10)13(17)12(16)11-8(2)14(18)19-9(11)6-7/h6,8-13,16-17H,4-5H2,1-3H3. The minimum atomic E-state index is -1.03. The highest BCUT2D eigenvalue weighted by Crippen LogP contribution is 2.47. The quantitative estimate of drug-likeness (QED) is 0.390. The molecule has 7 atom stereocenters. The van der Waals surface area contributed by atoms with Gasteiger partial charge in [0.05, 0.1) is 18.1 Å². The molecule has 5 nitrogen and oxygen atoms in total. The fourth-order valence-corrected chi connectivity index (χ4v) is 3.55. The van der Waals surface area contributed by atoms with Crippen molar-refractivity contribution in [2.24, 2.45) is 11.8 Å². The van der Waals surface area contributed by atoms with Gasteiger partial charge in [-0.3, -0.25) is 4.79 Å². The molecule has 20 heavy (non-hydrogen) atoms. The summed E-state index contributed by atoms with van der Waals surface area (Å²) in [4.78, 5) is 11.8. The Bertz CT molecular complexity index is 459. The maximum Gasteiger partial charge on any atom is 0.309 e. The van der Waals surface area contributed by atoms with Crippen molar-refractivity contribution in [2.75, 3.05) is 0 Å². The van der Waals surface area contributed by atoms with Gasteiger partial charge >= 0.3 is 5.97 Å². The van der Waals surface area contributed by atoms with E-state index in [1.165, 1.54) is 0 Å². The van der Waals surface area contributed by atoms with E-state index in [0.29, 0.717) is 0 Å². The van der Waals surface area contributed by atoms with E-state index in [1.807, 2.05) is 19.9 Å². The molecular formula is C15H22O5. The number of rotatable bonds is 0. The van der Waals surface area contributed by atoms with Crippen LogP contribution in [-0.4, -0.2) is 46.2 Å². The number of ether oxygens (including phenoxy) is 2. The second-order valence-electron chi connectivity index (χ2n) is 6.54. The predicted octanol–water partition coefficient (Wildman–Crippen LogP) is 0.783. The minimum Gasteiger partial charge on any atom is -0.457 e. The predicted molar refractivity (Wildman–Crippen MR) is 70.8 cm³/mol. The Hall–Kier alpha value is -0.910. The summed E-state index contributed by atoms with van der Waals surface area (Å²) in [5.41, 5.74) is 0.427. The summed E-state index contributed by atoms with van der Waals surface area (Å²) in [6.07, 6.45) is 1.05. The zero-order chi connectivity index (χ0) is 14.7. The lowest BCUT2D eigenvalue weighted by Crippen LogP contribution is -2.47. The van der Waals surface area contributed by atoms with E-state index in [0.717, 1.165) is 18.4 Å². The summed E-state index contributed by atoms with van der Waals surface area (Å²) >= 11 is 0. The third-order valence-corrected chi connectivity index (χ3v) is 5.11. The van der Waals surface area contributed by atoms with E-state index in [-0.39, 0.29) is 12.1 Å². The van der Waals surface area contributed by atoms with E-state index >= 15 is 0 Å². The summed E-state index contributed by atoms with van der Waals surface area (Å²) in [5, 5.41) is 20.9. The zero-order valence-corrected chi connectivity index (χ0v) is 12.1. The second-order valence-corrected chi connectivity index (χ2v) is 6.54. The summed E-state index contributed by atoms with van der Waals surface area (Å²) in [6.45, 7) is 5.56. The van der Waals surface area contributed by atoms with Gasteiger partial charge in [0.15, 0.2) is 0 Å². The average Bonchev–Trinajstić information content (AvgIpc) is 2.98. The van der Waals surface area contributed by atoms with Crippen LogP contribution in [0.3, 0.4) is 0 Å². The van der Waals surface area contributed by atoms with Gasteiger partial charge in [0, 0.05) is 5.92 Å². The SMILES string of the molecule is CC1=CC2OC(=O)C(C)C2C(O)C(O)C2(C)OC2CC1. The summed E-state index contributed by atoms with van der Waals surface area (Å²) in [7, 11) is 0. The monoisotopic (exact) mass is 282 g/mol. The van der Waals surface area contributed by atoms with E-state index in [2.05, 4.69) is 0 Å². The first-order valence-electron chi connectivity index (χ1n) is 7.26. The van der Waals surface area contributed by atoms with Crippen molar-refractivity contribution in [3.8, 4) is 0 Å². The van der Waals surface area contributed by atoms with Crippen molar-refractivity contribution in [2.45, 2.75) is 63.6 Å². The Morgan fingerprint density at radius 1 is 1.40 bits per heavy atom. The van der Waals surface area contributed by atoms with E-state index in [4.69, 9.17) is 9.47 Å². The number of aliphatic hydroxyl groups is 2. The Kier molecular flexibility index (Phi) is 3.19. The molecule has 0 aromatic heterocycles. The number of allylic oxidation sites excluding steroid dienone is 1. The van der Waals surface area contributed by atoms with Gasteiger partial charge in [-0.15, -0.1) is 0 Å². The Balaban J connectivity index is 1.95. The highest BCUT2D eigenvalue weighted by Gasteiger charge is 2.61. The van der Waals surface area contributed by atoms with E-state index < -0.39 is 35.7 Å². The number of fused-ring (bicyclic) bond motifs is 2. The van der Waals surface area contributed by atoms with Crippen molar-refractivity contribution in [3.63, 3.8) is 0 Å². The second kappa shape index (κ2) is 4.55. The molecule has 2 heterocycles. The lowest BCUT2D eigenvalue weighted by Gasteiger charge is -2.30. The van der Waals surface area contributed by atoms with Crippen LogP contribution in [0, 0.1) is 11.8 Å². The summed E-state index contributed by atoms with van der Waals surface area (Å²) in [6, 6.07) is 0. The molecule has 0 spiro atoms. The molecule has 2 fully saturated rings. The van der Waals surface area contributed by atoms with E-state index in [1.54, 1.807) is 6.92 Å². The maximum absolute atomic E-state index is 11.8. The third kappa shape index (κ3) is 2.00. The van der Waals surface area contributed by atoms with Crippen molar-refractivity contribution >= 4 is 5.97 Å². The number of hydrogen-bond donors (Lipinski definition) is 2. The van der Waals surface area contributed by atoms with Crippen LogP contribution in [0.1, 0.15) is 33.6 Å². The topological polar surface area (TPSA) is 79.3 Å². The molecule has 0 saturated carbocycles. The molecule has 3 aliphatic rings. The van der Waals surface area contributed by atoms with Crippen molar-refractivity contribution in [1.29, 1.82) is 0 Å². The lowest BCUT2D eigenvalue weighted by atomic mass is 9.78. The Morgan fingerprint density at radius 3 is 2.80 bits per heavy atom. The van der Waals surface area contributed by atoms with Gasteiger partial charge in [0.25, 0.3) is 0 Å². The lowest BCUT2D eigenvalue weighted by molar-refractivity contribution is -0.142. The molecule has 7 unspecified atom stereocenters. The number of carbonyl (C=O) groups excluding carboxylic acids is 1. The molecule has 2 saturated heterocycles. The van der Waals surface area contributed by atoms with Gasteiger partial charge in [-0.25, -0.2) is 0 Å². The fraction of sp³-hybridized carbons (Fsp3) is 0.800. The van der Waals surface area contributed by atoms with Gasteiger partial charge in [-0.1, -0.05) is 12.5 Å². The fourth-order valence-electron chi connectivity index (χ4n) is 3.55. The minimum absolute atomic E-state index is 0.0274. The molecular weight excluding hydrogens is 260 g/mol. The summed E-state index contributed by atoms with van der Waals surface area (Å²) in [5.74, 6) is -1.16. The first kappa shape index (κ1) is 14.0. The van der Waals surface area contributed by atoms with Crippen LogP contribution in [0.4, 0.5) is 0 Å². The van der Waals surface area contributed by atoms with Crippen molar-refractivity contribution in [3.05, 3.63) is 11.6 Å². The Morgan fingerprint density at radius 2 is 2.10 bits per heavy atom. The van der Waals surface area contributed by atoms with Crippen LogP contribution in [-0.2, 0) is 14.3 Å². The molecule has 0 amide bonds. The first-order chi connectivity index (χ1) is 9.34. The van der Waals surface area contributed by atoms with Gasteiger partial charge in [-0.2, -0.15) is 0 Å². The molecule has 0 radical (unpaired) electrons. The zero-order valence-electron chi connectivity index (χ0n) is 12.1. The number of hydrogen-bond acceptors (Lipinski definition) is 5. The third-order valence-electron chi connectivity index (χ3n) is 5.11. The van der Waals surface area contributed by atoms with Crippen LogP contribution in [0.2, 0.25) is 0 Å². The van der Waals surface area contributed by atoms with Crippen molar-refractivity contribution in [1.82, 2.24) is 0 Å². The number of carbonyl (C=O) groups is 1. The maximum atomic E-state index is 11.8. The molecule has 2 aliphatic heterocycles.